The van der Waals surface area contributed by atoms with Crippen LogP contribution in [0.3, 0.4) is 0 Å². The van der Waals surface area contributed by atoms with Crippen molar-refractivity contribution < 1.29 is 4.79 Å². The Labute approximate surface area is 114 Å². The summed E-state index contributed by atoms with van der Waals surface area (Å²) >= 11 is 0. The van der Waals surface area contributed by atoms with Gasteiger partial charge in [-0.1, -0.05) is 13.8 Å². The molecule has 6 nitrogen and oxygen atoms in total. The van der Waals surface area contributed by atoms with Gasteiger partial charge < -0.3 is 16.0 Å². The van der Waals surface area contributed by atoms with Gasteiger partial charge in [0.15, 0.2) is 0 Å². The molecule has 0 saturated heterocycles. The molecule has 0 saturated carbocycles. The highest BCUT2D eigenvalue weighted by atomic mass is 16.2. The first-order chi connectivity index (χ1) is 8.92. The predicted molar refractivity (Wildman–Crippen MR) is 78.1 cm³/mol. The van der Waals surface area contributed by atoms with Crippen LogP contribution in [0, 0.1) is 0 Å². The van der Waals surface area contributed by atoms with Gasteiger partial charge in [-0.25, -0.2) is 0 Å². The van der Waals surface area contributed by atoms with Gasteiger partial charge in [-0.3, -0.25) is 9.48 Å². The van der Waals surface area contributed by atoms with Crippen molar-refractivity contribution in [3.63, 3.8) is 0 Å². The summed E-state index contributed by atoms with van der Waals surface area (Å²) in [6.07, 6.45) is 0. The highest BCUT2D eigenvalue weighted by Crippen LogP contribution is 2.27. The van der Waals surface area contributed by atoms with Crippen LogP contribution in [0.4, 0.5) is 11.5 Å². The number of nitrogens with zero attached hydrogens (tertiary/aromatic N) is 3. The fraction of sp³-hybridized carbons (Fsp3) is 0.692. The van der Waals surface area contributed by atoms with Crippen LogP contribution in [0.1, 0.15) is 39.3 Å². The van der Waals surface area contributed by atoms with Gasteiger partial charge in [-0.2, -0.15) is 5.10 Å². The molecular formula is C13H25N5O. The van der Waals surface area contributed by atoms with Gasteiger partial charge in [-0.15, -0.1) is 0 Å². The monoisotopic (exact) mass is 267 g/mol. The van der Waals surface area contributed by atoms with Crippen LogP contribution in [-0.2, 0) is 11.8 Å². The summed E-state index contributed by atoms with van der Waals surface area (Å²) in [4.78, 5) is 13.7. The van der Waals surface area contributed by atoms with Crippen molar-refractivity contribution in [2.75, 3.05) is 30.7 Å². The molecule has 3 N–H and O–H groups in total. The number of carbonyl (C=O) groups is 1. The first-order valence-corrected chi connectivity index (χ1v) is 6.76. The third-order valence-corrected chi connectivity index (χ3v) is 3.18. The summed E-state index contributed by atoms with van der Waals surface area (Å²) in [6, 6.07) is 0. The summed E-state index contributed by atoms with van der Waals surface area (Å²) in [5.41, 5.74) is 7.55. The Hall–Kier alpha value is -1.72. The summed E-state index contributed by atoms with van der Waals surface area (Å²) in [6.45, 7) is 9.70. The molecule has 6 heteroatoms. The van der Waals surface area contributed by atoms with Gasteiger partial charge in [0.25, 0.3) is 0 Å². The van der Waals surface area contributed by atoms with Gasteiger partial charge >= 0.3 is 0 Å². The summed E-state index contributed by atoms with van der Waals surface area (Å²) < 4.78 is 1.69. The Morgan fingerprint density at radius 1 is 1.42 bits per heavy atom. The molecule has 0 bridgehead atoms. The van der Waals surface area contributed by atoms with Gasteiger partial charge in [0.2, 0.25) is 5.91 Å². The second-order valence-electron chi connectivity index (χ2n) is 4.85. The van der Waals surface area contributed by atoms with E-state index in [1.807, 2.05) is 34.7 Å². The largest absolute Gasteiger partial charge is 0.394 e. The molecule has 0 unspecified atom stereocenters. The van der Waals surface area contributed by atoms with E-state index in [4.69, 9.17) is 5.73 Å². The van der Waals surface area contributed by atoms with Crippen LogP contribution in [0.5, 0.6) is 0 Å². The van der Waals surface area contributed by atoms with Crippen molar-refractivity contribution in [1.82, 2.24) is 14.7 Å². The van der Waals surface area contributed by atoms with Crippen molar-refractivity contribution in [3.05, 3.63) is 5.69 Å². The minimum Gasteiger partial charge on any atom is -0.394 e. The topological polar surface area (TPSA) is 76.2 Å². The van der Waals surface area contributed by atoms with Crippen LogP contribution < -0.4 is 11.1 Å². The number of hydrogen-bond donors (Lipinski definition) is 2. The maximum absolute atomic E-state index is 11.9. The number of nitrogen functional groups attached to an aromatic ring is 1. The van der Waals surface area contributed by atoms with Crippen molar-refractivity contribution in [2.45, 2.75) is 33.6 Å². The number of aromatic nitrogens is 2. The first-order valence-electron chi connectivity index (χ1n) is 6.76. The van der Waals surface area contributed by atoms with E-state index in [1.165, 1.54) is 0 Å². The van der Waals surface area contributed by atoms with E-state index in [2.05, 4.69) is 10.4 Å². The smallest absolute Gasteiger partial charge is 0.241 e. The molecular weight excluding hydrogens is 242 g/mol. The Balaban J connectivity index is 2.76. The molecule has 0 radical (unpaired) electrons. The summed E-state index contributed by atoms with van der Waals surface area (Å²) in [7, 11) is 1.83. The van der Waals surface area contributed by atoms with Crippen LogP contribution in [0.25, 0.3) is 0 Å². The normalized spacial score (nSPS) is 10.8. The van der Waals surface area contributed by atoms with Crippen LogP contribution in [-0.4, -0.2) is 40.2 Å². The molecule has 0 spiro atoms. The standard InChI is InChI=1S/C13H25N5O/c1-6-18(7-2)10(19)8-15-13-11(14)12(9(3)4)16-17(13)5/h9,15H,6-8,14H2,1-5H3. The molecule has 108 valence electrons. The van der Waals surface area contributed by atoms with E-state index >= 15 is 0 Å². The first kappa shape index (κ1) is 15.3. The highest BCUT2D eigenvalue weighted by Gasteiger charge is 2.17. The predicted octanol–water partition coefficient (Wildman–Crippen LogP) is 1.41. The zero-order chi connectivity index (χ0) is 14.6. The molecule has 1 aromatic rings. The minimum absolute atomic E-state index is 0.0664. The number of aryl methyl sites for hydroxylation is 1. The van der Waals surface area contributed by atoms with Crippen molar-refractivity contribution in [2.24, 2.45) is 7.05 Å². The third kappa shape index (κ3) is 3.39. The number of amides is 1. The van der Waals surface area contributed by atoms with Crippen LogP contribution in [0.2, 0.25) is 0 Å². The maximum atomic E-state index is 11.9. The number of likely N-dealkylation sites (N-methyl/N-ethyl adjacent to an activating group) is 1. The molecule has 0 aliphatic rings. The number of nitrogens with two attached hydrogens (primary N) is 1. The maximum Gasteiger partial charge on any atom is 0.241 e. The van der Waals surface area contributed by atoms with Crippen molar-refractivity contribution >= 4 is 17.4 Å². The summed E-state index contributed by atoms with van der Waals surface area (Å²) in [5, 5.41) is 7.47. The Morgan fingerprint density at radius 2 is 2.00 bits per heavy atom. The molecule has 0 fully saturated rings. The lowest BCUT2D eigenvalue weighted by molar-refractivity contribution is -0.128. The Kier molecular flexibility index (Phi) is 5.20. The molecule has 19 heavy (non-hydrogen) atoms. The zero-order valence-corrected chi connectivity index (χ0v) is 12.5. The molecule has 0 aliphatic heterocycles. The van der Waals surface area contributed by atoms with Crippen molar-refractivity contribution in [3.8, 4) is 0 Å². The number of anilines is 2. The Morgan fingerprint density at radius 3 is 2.42 bits per heavy atom. The molecule has 1 aromatic heterocycles. The van der Waals surface area contributed by atoms with Crippen molar-refractivity contribution in [1.29, 1.82) is 0 Å². The van der Waals surface area contributed by atoms with Gasteiger partial charge in [0.05, 0.1) is 17.9 Å². The number of nitrogens with one attached hydrogen (secondary N) is 1. The van der Waals surface area contributed by atoms with E-state index in [0.717, 1.165) is 18.8 Å². The van der Waals surface area contributed by atoms with E-state index in [-0.39, 0.29) is 18.4 Å². The SMILES string of the molecule is CCN(CC)C(=O)CNc1c(N)c(C(C)C)nn1C. The average molecular weight is 267 g/mol. The number of rotatable bonds is 6. The molecule has 1 heterocycles. The lowest BCUT2D eigenvalue weighted by Gasteiger charge is -2.19. The molecule has 1 amide bonds. The molecule has 0 aromatic carbocycles. The number of carbonyl (C=O) groups excluding carboxylic acids is 1. The second-order valence-corrected chi connectivity index (χ2v) is 4.85. The summed E-state index contributed by atoms with van der Waals surface area (Å²) in [5.74, 6) is 1.04. The highest BCUT2D eigenvalue weighted by molar-refractivity contribution is 5.82. The lowest BCUT2D eigenvalue weighted by atomic mass is 10.1. The quantitative estimate of drug-likeness (QED) is 0.817. The van der Waals surface area contributed by atoms with Gasteiger partial charge in [0, 0.05) is 20.1 Å². The molecule has 0 aliphatic carbocycles. The Bertz CT molecular complexity index is 434. The van der Waals surface area contributed by atoms with E-state index < -0.39 is 0 Å². The average Bonchev–Trinajstić information content (AvgIpc) is 2.64. The van der Waals surface area contributed by atoms with E-state index in [1.54, 1.807) is 9.58 Å². The number of hydrogen-bond acceptors (Lipinski definition) is 4. The van der Waals surface area contributed by atoms with Crippen LogP contribution >= 0.6 is 0 Å². The lowest BCUT2D eigenvalue weighted by Crippen LogP contribution is -2.35. The minimum atomic E-state index is 0.0664. The fourth-order valence-electron chi connectivity index (χ4n) is 2.04. The second kappa shape index (κ2) is 6.45. The molecule has 1 rings (SSSR count). The van der Waals surface area contributed by atoms with Gasteiger partial charge in [-0.05, 0) is 19.8 Å². The third-order valence-electron chi connectivity index (χ3n) is 3.18. The van der Waals surface area contributed by atoms with E-state index in [0.29, 0.717) is 11.5 Å². The van der Waals surface area contributed by atoms with Crippen LogP contribution in [0.15, 0.2) is 0 Å². The fourth-order valence-corrected chi connectivity index (χ4v) is 2.04. The zero-order valence-electron chi connectivity index (χ0n) is 12.5. The molecule has 0 atom stereocenters. The van der Waals surface area contributed by atoms with Gasteiger partial charge in [0.1, 0.15) is 5.82 Å². The van der Waals surface area contributed by atoms with E-state index in [9.17, 15) is 4.79 Å².